The van der Waals surface area contributed by atoms with Gasteiger partial charge in [0.05, 0.1) is 0 Å². The van der Waals surface area contributed by atoms with Crippen LogP contribution in [0, 0.1) is 27.7 Å². The zero-order valence-corrected chi connectivity index (χ0v) is 20.4. The van der Waals surface area contributed by atoms with Crippen LogP contribution in [-0.2, 0) is 0 Å². The average molecular weight is 463 g/mol. The quantitative estimate of drug-likeness (QED) is 0.290. The first kappa shape index (κ1) is 22.0. The van der Waals surface area contributed by atoms with Crippen molar-refractivity contribution in [3.8, 4) is 22.3 Å². The van der Waals surface area contributed by atoms with Gasteiger partial charge in [-0.05, 0) is 109 Å². The molecule has 0 atom stereocenters. The summed E-state index contributed by atoms with van der Waals surface area (Å²) in [7, 11) is 0. The summed E-state index contributed by atoms with van der Waals surface area (Å²) < 4.78 is 0. The monoisotopic (exact) mass is 462 g/mol. The van der Waals surface area contributed by atoms with E-state index < -0.39 is 0 Å². The fraction of sp³-hybridized carbons (Fsp3) is 0.143. The van der Waals surface area contributed by atoms with Crippen LogP contribution in [0.3, 0.4) is 0 Å². The number of hydrogen-bond donors (Lipinski definition) is 0. The highest BCUT2D eigenvalue weighted by atomic mass is 35.5. The third-order valence-corrected chi connectivity index (χ3v) is 7.36. The maximum absolute atomic E-state index is 6.39. The zero-order chi connectivity index (χ0) is 22.1. The van der Waals surface area contributed by atoms with Gasteiger partial charge in [-0.1, -0.05) is 71.4 Å². The van der Waals surface area contributed by atoms with Gasteiger partial charge in [0.15, 0.2) is 0 Å². The first-order chi connectivity index (χ1) is 14.8. The zero-order valence-electron chi connectivity index (χ0n) is 18.1. The molecule has 4 rings (SSSR count). The second-order valence-electron chi connectivity index (χ2n) is 7.98. The highest BCUT2D eigenvalue weighted by molar-refractivity contribution is 7.99. The maximum Gasteiger partial charge on any atom is 0.0412 e. The number of rotatable bonds is 4. The van der Waals surface area contributed by atoms with Crippen molar-refractivity contribution in [2.75, 3.05) is 0 Å². The molecule has 3 heteroatoms. The molecule has 4 aromatic rings. The predicted octanol–water partition coefficient (Wildman–Crippen LogP) is 9.71. The van der Waals surface area contributed by atoms with Crippen molar-refractivity contribution >= 4 is 35.0 Å². The molecule has 0 nitrogen and oxygen atoms in total. The van der Waals surface area contributed by atoms with E-state index in [0.717, 1.165) is 21.2 Å². The van der Waals surface area contributed by atoms with Crippen molar-refractivity contribution < 1.29 is 0 Å². The smallest absolute Gasteiger partial charge is 0.0412 e. The van der Waals surface area contributed by atoms with Crippen molar-refractivity contribution in [1.29, 1.82) is 0 Å². The fourth-order valence-electron chi connectivity index (χ4n) is 3.57. The minimum atomic E-state index is 0.739. The van der Waals surface area contributed by atoms with Gasteiger partial charge >= 0.3 is 0 Å². The lowest BCUT2D eigenvalue weighted by Crippen LogP contribution is -1.89. The van der Waals surface area contributed by atoms with E-state index in [2.05, 4.69) is 88.4 Å². The van der Waals surface area contributed by atoms with E-state index in [1.54, 1.807) is 11.8 Å². The molecular formula is C28H24Cl2S. The van der Waals surface area contributed by atoms with Crippen LogP contribution in [0.1, 0.15) is 22.3 Å². The third kappa shape index (κ3) is 4.85. The summed E-state index contributed by atoms with van der Waals surface area (Å²) in [5, 5.41) is 1.48. The molecule has 4 aromatic carbocycles. The van der Waals surface area contributed by atoms with Gasteiger partial charge in [-0.2, -0.15) is 0 Å². The van der Waals surface area contributed by atoms with Crippen LogP contribution in [0.5, 0.6) is 0 Å². The number of hydrogen-bond acceptors (Lipinski definition) is 1. The lowest BCUT2D eigenvalue weighted by molar-refractivity contribution is 1.32. The first-order valence-corrected chi connectivity index (χ1v) is 11.8. The van der Waals surface area contributed by atoms with Crippen LogP contribution in [0.25, 0.3) is 22.3 Å². The summed E-state index contributed by atoms with van der Waals surface area (Å²) in [4.78, 5) is 2.33. The van der Waals surface area contributed by atoms with Crippen LogP contribution < -0.4 is 0 Å². The van der Waals surface area contributed by atoms with Crippen molar-refractivity contribution in [2.24, 2.45) is 0 Å². The topological polar surface area (TPSA) is 0 Å². The van der Waals surface area contributed by atoms with Crippen molar-refractivity contribution in [3.05, 3.63) is 105 Å². The Bertz CT molecular complexity index is 1180. The Morgan fingerprint density at radius 1 is 0.484 bits per heavy atom. The SMILES string of the molecule is Cc1ccc(-c2cc(Cl)ccc2Sc2ccc(Cl)cc2-c2ccc(C)c(C)c2)cc1C. The molecule has 0 spiro atoms. The van der Waals surface area contributed by atoms with E-state index >= 15 is 0 Å². The molecule has 0 amide bonds. The van der Waals surface area contributed by atoms with Gasteiger partial charge in [0.25, 0.3) is 0 Å². The molecule has 0 aliphatic rings. The van der Waals surface area contributed by atoms with E-state index in [9.17, 15) is 0 Å². The van der Waals surface area contributed by atoms with E-state index in [4.69, 9.17) is 23.2 Å². The van der Waals surface area contributed by atoms with Gasteiger partial charge in [-0.15, -0.1) is 0 Å². The van der Waals surface area contributed by atoms with E-state index in [1.807, 2.05) is 12.1 Å². The van der Waals surface area contributed by atoms with Crippen molar-refractivity contribution in [3.63, 3.8) is 0 Å². The minimum absolute atomic E-state index is 0.739. The van der Waals surface area contributed by atoms with Crippen LogP contribution in [-0.4, -0.2) is 0 Å². The highest BCUT2D eigenvalue weighted by Gasteiger charge is 2.13. The predicted molar refractivity (Wildman–Crippen MR) is 137 cm³/mol. The molecule has 0 saturated heterocycles. The first-order valence-electron chi connectivity index (χ1n) is 10.2. The molecule has 0 N–H and O–H groups in total. The molecule has 0 heterocycles. The summed E-state index contributed by atoms with van der Waals surface area (Å²) in [6, 6.07) is 25.4. The van der Waals surface area contributed by atoms with Gasteiger partial charge in [-0.3, -0.25) is 0 Å². The molecule has 0 fully saturated rings. The molecule has 31 heavy (non-hydrogen) atoms. The van der Waals surface area contributed by atoms with Crippen LogP contribution in [0.15, 0.2) is 82.6 Å². The Labute approximate surface area is 199 Å². The largest absolute Gasteiger partial charge is 0.0888 e. The number of aryl methyl sites for hydroxylation is 4. The summed E-state index contributed by atoms with van der Waals surface area (Å²) in [5.74, 6) is 0. The van der Waals surface area contributed by atoms with Gasteiger partial charge in [-0.25, -0.2) is 0 Å². The van der Waals surface area contributed by atoms with E-state index in [-0.39, 0.29) is 0 Å². The van der Waals surface area contributed by atoms with E-state index in [0.29, 0.717) is 0 Å². The molecule has 0 bridgehead atoms. The summed E-state index contributed by atoms with van der Waals surface area (Å²) in [6.07, 6.45) is 0. The Balaban J connectivity index is 1.82. The molecule has 156 valence electrons. The third-order valence-electron chi connectivity index (χ3n) is 5.74. The molecule has 0 radical (unpaired) electrons. The number of benzene rings is 4. The Kier molecular flexibility index (Phi) is 6.48. The van der Waals surface area contributed by atoms with Gasteiger partial charge in [0.1, 0.15) is 0 Å². The fourth-order valence-corrected chi connectivity index (χ4v) is 5.00. The second kappa shape index (κ2) is 9.12. The van der Waals surface area contributed by atoms with E-state index in [1.165, 1.54) is 43.2 Å². The molecule has 0 saturated carbocycles. The highest BCUT2D eigenvalue weighted by Crippen LogP contribution is 2.42. The molecule has 0 aliphatic carbocycles. The minimum Gasteiger partial charge on any atom is -0.0888 e. The van der Waals surface area contributed by atoms with Crippen LogP contribution >= 0.6 is 35.0 Å². The van der Waals surface area contributed by atoms with Gasteiger partial charge in [0.2, 0.25) is 0 Å². The normalized spacial score (nSPS) is 11.0. The van der Waals surface area contributed by atoms with Crippen LogP contribution in [0.4, 0.5) is 0 Å². The summed E-state index contributed by atoms with van der Waals surface area (Å²) in [6.45, 7) is 8.56. The average Bonchev–Trinajstić information content (AvgIpc) is 2.74. The Morgan fingerprint density at radius 3 is 1.29 bits per heavy atom. The van der Waals surface area contributed by atoms with Crippen LogP contribution in [0.2, 0.25) is 10.0 Å². The summed E-state index contributed by atoms with van der Waals surface area (Å²) in [5.41, 5.74) is 9.75. The van der Waals surface area contributed by atoms with Crippen molar-refractivity contribution in [2.45, 2.75) is 37.5 Å². The molecule has 0 unspecified atom stereocenters. The summed E-state index contributed by atoms with van der Waals surface area (Å²) >= 11 is 14.5. The molecule has 0 aliphatic heterocycles. The molecule has 0 aromatic heterocycles. The van der Waals surface area contributed by atoms with Gasteiger partial charge in [0, 0.05) is 19.8 Å². The Hall–Kier alpha value is -2.19. The standard InChI is InChI=1S/C28H24Cl2S/c1-17-5-7-21(13-19(17)3)25-15-23(29)9-11-27(25)31-28-12-10-24(30)16-26(28)22-8-6-18(2)20(4)14-22/h5-16H,1-4H3. The maximum atomic E-state index is 6.39. The second-order valence-corrected chi connectivity index (χ2v) is 9.94. The van der Waals surface area contributed by atoms with Gasteiger partial charge < -0.3 is 0 Å². The Morgan fingerprint density at radius 2 is 0.903 bits per heavy atom. The lowest BCUT2D eigenvalue weighted by Gasteiger charge is -2.15. The lowest BCUT2D eigenvalue weighted by atomic mass is 10.0. The van der Waals surface area contributed by atoms with Crippen molar-refractivity contribution in [1.82, 2.24) is 0 Å². The number of halogens is 2. The molecular weight excluding hydrogens is 439 g/mol.